The molecule has 2 fully saturated rings. The van der Waals surface area contributed by atoms with Gasteiger partial charge in [0, 0.05) is 17.5 Å². The molecule has 0 bridgehead atoms. The predicted octanol–water partition coefficient (Wildman–Crippen LogP) is 1.56. The van der Waals surface area contributed by atoms with Gasteiger partial charge in [0.1, 0.15) is 12.0 Å². The van der Waals surface area contributed by atoms with Gasteiger partial charge in [-0.15, -0.1) is 0 Å². The van der Waals surface area contributed by atoms with E-state index in [0.29, 0.717) is 12.5 Å². The van der Waals surface area contributed by atoms with E-state index in [1.807, 2.05) is 0 Å². The largest absolute Gasteiger partial charge is 0.376 e. The molecule has 2 heterocycles. The third-order valence-corrected chi connectivity index (χ3v) is 3.36. The number of hydrogen-bond acceptors (Lipinski definition) is 5. The van der Waals surface area contributed by atoms with Crippen LogP contribution in [0.2, 0.25) is 0 Å². The van der Waals surface area contributed by atoms with Crippen LogP contribution in [-0.4, -0.2) is 34.8 Å². The standard InChI is InChI=1S/C9H12FN3OS/c10-6-3-14-4-7(6)11-9-12-8(13-15-9)5-1-2-5/h5-7H,1-4H2,(H,11,12,13). The van der Waals surface area contributed by atoms with Crippen LogP contribution in [0.1, 0.15) is 24.6 Å². The Bertz CT molecular complexity index is 355. The van der Waals surface area contributed by atoms with E-state index in [-0.39, 0.29) is 12.6 Å². The molecule has 1 aromatic heterocycles. The second-order valence-corrected chi connectivity index (χ2v) is 4.79. The Hall–Kier alpha value is -0.750. The van der Waals surface area contributed by atoms with E-state index in [2.05, 4.69) is 14.7 Å². The summed E-state index contributed by atoms with van der Waals surface area (Å²) in [7, 11) is 0. The van der Waals surface area contributed by atoms with Crippen LogP contribution in [-0.2, 0) is 4.74 Å². The first-order chi connectivity index (χ1) is 7.33. The maximum Gasteiger partial charge on any atom is 0.202 e. The van der Waals surface area contributed by atoms with Gasteiger partial charge in [-0.3, -0.25) is 0 Å². The lowest BCUT2D eigenvalue weighted by molar-refractivity contribution is 0.173. The Morgan fingerprint density at radius 3 is 2.93 bits per heavy atom. The zero-order chi connectivity index (χ0) is 10.3. The Morgan fingerprint density at radius 1 is 1.40 bits per heavy atom. The first-order valence-corrected chi connectivity index (χ1v) is 5.92. The summed E-state index contributed by atoms with van der Waals surface area (Å²) in [6.45, 7) is 0.603. The van der Waals surface area contributed by atoms with E-state index in [1.165, 1.54) is 24.4 Å². The van der Waals surface area contributed by atoms with Crippen molar-refractivity contribution in [3.63, 3.8) is 0 Å². The van der Waals surface area contributed by atoms with E-state index in [9.17, 15) is 4.39 Å². The first-order valence-electron chi connectivity index (χ1n) is 5.15. The molecule has 1 saturated carbocycles. The van der Waals surface area contributed by atoms with Crippen molar-refractivity contribution in [1.29, 1.82) is 0 Å². The number of ether oxygens (including phenoxy) is 1. The highest BCUT2D eigenvalue weighted by molar-refractivity contribution is 7.09. The van der Waals surface area contributed by atoms with E-state index >= 15 is 0 Å². The van der Waals surface area contributed by atoms with Gasteiger partial charge in [-0.05, 0) is 12.8 Å². The van der Waals surface area contributed by atoms with Gasteiger partial charge in [-0.1, -0.05) is 0 Å². The number of nitrogens with one attached hydrogen (secondary N) is 1. The van der Waals surface area contributed by atoms with E-state index in [0.717, 1.165) is 11.0 Å². The minimum atomic E-state index is -0.932. The first kappa shape index (κ1) is 9.47. The monoisotopic (exact) mass is 229 g/mol. The van der Waals surface area contributed by atoms with Crippen LogP contribution in [0.25, 0.3) is 0 Å². The third kappa shape index (κ3) is 1.96. The molecule has 2 aliphatic rings. The highest BCUT2D eigenvalue weighted by atomic mass is 32.1. The lowest BCUT2D eigenvalue weighted by Gasteiger charge is -2.10. The number of alkyl halides is 1. The average Bonchev–Trinajstić information content (AvgIpc) is 2.86. The van der Waals surface area contributed by atoms with E-state index in [1.54, 1.807) is 0 Å². The van der Waals surface area contributed by atoms with Crippen LogP contribution < -0.4 is 5.32 Å². The summed E-state index contributed by atoms with van der Waals surface area (Å²) in [4.78, 5) is 4.34. The van der Waals surface area contributed by atoms with Gasteiger partial charge >= 0.3 is 0 Å². The quantitative estimate of drug-likeness (QED) is 0.854. The number of nitrogens with zero attached hydrogens (tertiary/aromatic N) is 2. The molecule has 1 aromatic rings. The molecule has 4 nitrogen and oxygen atoms in total. The van der Waals surface area contributed by atoms with Crippen molar-refractivity contribution >= 4 is 16.7 Å². The van der Waals surface area contributed by atoms with E-state index in [4.69, 9.17) is 4.74 Å². The van der Waals surface area contributed by atoms with E-state index < -0.39 is 6.17 Å². The summed E-state index contributed by atoms with van der Waals surface area (Å²) in [5.41, 5.74) is 0. The van der Waals surface area contributed by atoms with Crippen molar-refractivity contribution in [2.45, 2.75) is 31.0 Å². The fourth-order valence-corrected chi connectivity index (χ4v) is 2.33. The van der Waals surface area contributed by atoms with Crippen LogP contribution >= 0.6 is 11.5 Å². The predicted molar refractivity (Wildman–Crippen MR) is 55.0 cm³/mol. The number of hydrogen-bond donors (Lipinski definition) is 1. The van der Waals surface area contributed by atoms with Crippen molar-refractivity contribution in [1.82, 2.24) is 9.36 Å². The van der Waals surface area contributed by atoms with Gasteiger partial charge in [0.15, 0.2) is 0 Å². The highest BCUT2D eigenvalue weighted by Crippen LogP contribution is 2.39. The van der Waals surface area contributed by atoms with Crippen LogP contribution in [0.15, 0.2) is 0 Å². The molecule has 1 N–H and O–H groups in total. The fourth-order valence-electron chi connectivity index (χ4n) is 1.62. The zero-order valence-corrected chi connectivity index (χ0v) is 8.97. The minimum Gasteiger partial charge on any atom is -0.376 e. The molecular formula is C9H12FN3OS. The Balaban J connectivity index is 1.65. The summed E-state index contributed by atoms with van der Waals surface area (Å²) >= 11 is 1.31. The molecule has 0 radical (unpaired) electrons. The van der Waals surface area contributed by atoms with Crippen LogP contribution in [0.5, 0.6) is 0 Å². The molecule has 0 spiro atoms. The van der Waals surface area contributed by atoms with Crippen LogP contribution in [0.3, 0.4) is 0 Å². The fraction of sp³-hybridized carbons (Fsp3) is 0.778. The molecule has 1 saturated heterocycles. The molecule has 1 aliphatic carbocycles. The molecule has 0 amide bonds. The molecule has 6 heteroatoms. The number of rotatable bonds is 3. The second-order valence-electron chi connectivity index (χ2n) is 4.04. The van der Waals surface area contributed by atoms with Crippen molar-refractivity contribution in [2.75, 3.05) is 18.5 Å². The average molecular weight is 229 g/mol. The van der Waals surface area contributed by atoms with Crippen molar-refractivity contribution in [3.05, 3.63) is 5.82 Å². The number of halogens is 1. The van der Waals surface area contributed by atoms with Crippen molar-refractivity contribution in [3.8, 4) is 0 Å². The topological polar surface area (TPSA) is 47.0 Å². The lowest BCUT2D eigenvalue weighted by Crippen LogP contribution is -2.28. The summed E-state index contributed by atoms with van der Waals surface area (Å²) in [5, 5.41) is 3.76. The normalized spacial score (nSPS) is 30.7. The molecule has 3 rings (SSSR count). The minimum absolute atomic E-state index is 0.186. The second kappa shape index (κ2) is 3.68. The summed E-state index contributed by atoms with van der Waals surface area (Å²) in [6, 6.07) is -0.259. The Kier molecular flexibility index (Phi) is 2.32. The van der Waals surface area contributed by atoms with Gasteiger partial charge in [0.25, 0.3) is 0 Å². The summed E-state index contributed by atoms with van der Waals surface area (Å²) in [6.07, 6.45) is 1.45. The molecule has 1 aliphatic heterocycles. The molecule has 2 atom stereocenters. The maximum atomic E-state index is 13.2. The number of anilines is 1. The van der Waals surface area contributed by atoms with Crippen molar-refractivity contribution < 1.29 is 9.13 Å². The molecular weight excluding hydrogens is 217 g/mol. The molecule has 82 valence electrons. The summed E-state index contributed by atoms with van der Waals surface area (Å²) in [5.74, 6) is 1.47. The van der Waals surface area contributed by atoms with Crippen LogP contribution in [0.4, 0.5) is 9.52 Å². The Morgan fingerprint density at radius 2 is 2.27 bits per heavy atom. The third-order valence-electron chi connectivity index (χ3n) is 2.70. The van der Waals surface area contributed by atoms with Gasteiger partial charge in [-0.2, -0.15) is 4.37 Å². The van der Waals surface area contributed by atoms with Crippen LogP contribution in [0, 0.1) is 0 Å². The molecule has 2 unspecified atom stereocenters. The van der Waals surface area contributed by atoms with Gasteiger partial charge in [-0.25, -0.2) is 9.37 Å². The number of aromatic nitrogens is 2. The smallest absolute Gasteiger partial charge is 0.202 e. The lowest BCUT2D eigenvalue weighted by atomic mass is 10.2. The molecule has 0 aromatic carbocycles. The van der Waals surface area contributed by atoms with Crippen molar-refractivity contribution in [2.24, 2.45) is 0 Å². The van der Waals surface area contributed by atoms with Gasteiger partial charge < -0.3 is 10.1 Å². The van der Waals surface area contributed by atoms with Gasteiger partial charge in [0.2, 0.25) is 5.13 Å². The Labute approximate surface area is 91.0 Å². The zero-order valence-electron chi connectivity index (χ0n) is 8.15. The maximum absolute atomic E-state index is 13.2. The molecule has 15 heavy (non-hydrogen) atoms. The van der Waals surface area contributed by atoms with Gasteiger partial charge in [0.05, 0.1) is 19.3 Å². The highest BCUT2D eigenvalue weighted by Gasteiger charge is 2.31. The summed E-state index contributed by atoms with van der Waals surface area (Å²) < 4.78 is 22.5. The SMILES string of the molecule is FC1COCC1Nc1nc(C2CC2)ns1.